The van der Waals surface area contributed by atoms with Crippen LogP contribution in [0.5, 0.6) is 0 Å². The zero-order valence-corrected chi connectivity index (χ0v) is 44.4. The van der Waals surface area contributed by atoms with Crippen molar-refractivity contribution in [2.24, 2.45) is 0 Å². The quantitative estimate of drug-likeness (QED) is 0.0262. The van der Waals surface area contributed by atoms with Gasteiger partial charge in [0.2, 0.25) is 0 Å². The maximum atomic E-state index is 12.8. The fourth-order valence-electron chi connectivity index (χ4n) is 8.19. The Morgan fingerprint density at radius 2 is 0.582 bits per heavy atom. The number of hydrogen-bond acceptors (Lipinski definition) is 6. The van der Waals surface area contributed by atoms with E-state index >= 15 is 0 Å². The first kappa shape index (κ1) is 64.1. The first-order valence-corrected chi connectivity index (χ1v) is 28.8. The minimum absolute atomic E-state index is 0.0746. The summed E-state index contributed by atoms with van der Waals surface area (Å²) in [6.45, 7) is 6.52. The highest BCUT2D eigenvalue weighted by Gasteiger charge is 2.19. The Morgan fingerprint density at radius 3 is 0.925 bits per heavy atom. The van der Waals surface area contributed by atoms with Crippen LogP contribution >= 0.6 is 0 Å². The smallest absolute Gasteiger partial charge is 0.306 e. The molecule has 0 saturated carbocycles. The predicted molar refractivity (Wildman–Crippen MR) is 288 cm³/mol. The molecule has 0 aliphatic rings. The van der Waals surface area contributed by atoms with Crippen LogP contribution < -0.4 is 0 Å². The maximum absolute atomic E-state index is 12.8. The molecule has 0 aromatic heterocycles. The second-order valence-corrected chi connectivity index (χ2v) is 19.2. The molecule has 0 radical (unpaired) electrons. The maximum Gasteiger partial charge on any atom is 0.306 e. The van der Waals surface area contributed by atoms with E-state index in [-0.39, 0.29) is 31.1 Å². The molecule has 0 aliphatic carbocycles. The molecule has 0 heterocycles. The molecule has 388 valence electrons. The van der Waals surface area contributed by atoms with E-state index in [1.165, 1.54) is 167 Å². The van der Waals surface area contributed by atoms with Crippen molar-refractivity contribution in [1.82, 2.24) is 0 Å². The van der Waals surface area contributed by atoms with E-state index in [0.717, 1.165) is 83.5 Å². The van der Waals surface area contributed by atoms with Crippen molar-refractivity contribution in [3.05, 3.63) is 60.8 Å². The molecule has 0 aliphatic heterocycles. The zero-order chi connectivity index (χ0) is 48.6. The number of esters is 3. The highest BCUT2D eigenvalue weighted by atomic mass is 16.6. The van der Waals surface area contributed by atoms with Gasteiger partial charge in [0.1, 0.15) is 13.2 Å². The number of ether oxygens (including phenoxy) is 3. The first-order valence-electron chi connectivity index (χ1n) is 28.8. The zero-order valence-electron chi connectivity index (χ0n) is 44.4. The largest absolute Gasteiger partial charge is 0.462 e. The summed E-state index contributed by atoms with van der Waals surface area (Å²) >= 11 is 0. The lowest BCUT2D eigenvalue weighted by molar-refractivity contribution is -0.167. The lowest BCUT2D eigenvalue weighted by Crippen LogP contribution is -2.30. The van der Waals surface area contributed by atoms with Gasteiger partial charge in [-0.05, 0) is 83.5 Å². The number of rotatable bonds is 52. The van der Waals surface area contributed by atoms with Gasteiger partial charge in [0.05, 0.1) is 0 Å². The van der Waals surface area contributed by atoms with Crippen molar-refractivity contribution in [3.8, 4) is 0 Å². The third kappa shape index (κ3) is 53.9. The Hall–Kier alpha value is -2.89. The van der Waals surface area contributed by atoms with Crippen LogP contribution in [0.3, 0.4) is 0 Å². The topological polar surface area (TPSA) is 78.9 Å². The van der Waals surface area contributed by atoms with Crippen LogP contribution in [0.1, 0.15) is 290 Å². The molecule has 1 unspecified atom stereocenters. The van der Waals surface area contributed by atoms with E-state index in [2.05, 4.69) is 81.5 Å². The van der Waals surface area contributed by atoms with Gasteiger partial charge in [0, 0.05) is 19.3 Å². The summed E-state index contributed by atoms with van der Waals surface area (Å²) in [7, 11) is 0. The highest BCUT2D eigenvalue weighted by molar-refractivity contribution is 5.71. The third-order valence-electron chi connectivity index (χ3n) is 12.5. The minimum atomic E-state index is -0.775. The molecular formula is C61H108O6. The molecule has 1 atom stereocenters. The van der Waals surface area contributed by atoms with E-state index in [1.807, 2.05) is 0 Å². The van der Waals surface area contributed by atoms with Crippen molar-refractivity contribution in [1.29, 1.82) is 0 Å². The molecule has 0 fully saturated rings. The average Bonchev–Trinajstić information content (AvgIpc) is 3.33. The summed E-state index contributed by atoms with van der Waals surface area (Å²) in [6, 6.07) is 0. The Kier molecular flexibility index (Phi) is 53.3. The molecule has 0 aromatic rings. The van der Waals surface area contributed by atoms with Gasteiger partial charge in [-0.25, -0.2) is 0 Å². The number of carbonyl (C=O) groups excluding carboxylic acids is 3. The Morgan fingerprint density at radius 1 is 0.313 bits per heavy atom. The number of carbonyl (C=O) groups is 3. The van der Waals surface area contributed by atoms with Crippen molar-refractivity contribution >= 4 is 17.9 Å². The second-order valence-electron chi connectivity index (χ2n) is 19.2. The van der Waals surface area contributed by atoms with Crippen LogP contribution in [0.2, 0.25) is 0 Å². The molecule has 0 aromatic carbocycles. The standard InChI is InChI=1S/C61H108O6/c1-4-7-10-13-16-19-21-23-25-27-28-29-30-31-32-34-35-37-39-42-45-48-51-54-60(63)66-57-58(56-65-59(62)53-50-47-44-41-18-15-12-9-6-3)67-61(64)55-52-49-46-43-40-38-36-33-26-24-22-20-17-14-11-8-5-2/h7,10,16,19,23-26,28-29,58H,4-6,8-9,11-15,17-18,20-22,27,30-57H2,1-3H3/b10-7-,19-16-,25-23-,26-24-,29-28-. The van der Waals surface area contributed by atoms with Gasteiger partial charge in [0.25, 0.3) is 0 Å². The van der Waals surface area contributed by atoms with Crippen LogP contribution in [-0.4, -0.2) is 37.2 Å². The van der Waals surface area contributed by atoms with E-state index in [1.54, 1.807) is 0 Å². The summed E-state index contributed by atoms with van der Waals surface area (Å²) in [5, 5.41) is 0. The van der Waals surface area contributed by atoms with Crippen molar-refractivity contribution in [2.75, 3.05) is 13.2 Å². The molecule has 67 heavy (non-hydrogen) atoms. The van der Waals surface area contributed by atoms with Gasteiger partial charge in [-0.15, -0.1) is 0 Å². The van der Waals surface area contributed by atoms with Gasteiger partial charge in [0.15, 0.2) is 6.10 Å². The van der Waals surface area contributed by atoms with Crippen LogP contribution in [0.4, 0.5) is 0 Å². The van der Waals surface area contributed by atoms with Crippen molar-refractivity contribution in [3.63, 3.8) is 0 Å². The molecule has 0 spiro atoms. The van der Waals surface area contributed by atoms with Crippen molar-refractivity contribution in [2.45, 2.75) is 297 Å². The van der Waals surface area contributed by atoms with Crippen LogP contribution in [0.25, 0.3) is 0 Å². The number of unbranched alkanes of at least 4 members (excludes halogenated alkanes) is 31. The monoisotopic (exact) mass is 937 g/mol. The van der Waals surface area contributed by atoms with Gasteiger partial charge in [-0.3, -0.25) is 14.4 Å². The normalized spacial score (nSPS) is 12.5. The van der Waals surface area contributed by atoms with Gasteiger partial charge < -0.3 is 14.2 Å². The molecule has 0 saturated heterocycles. The average molecular weight is 938 g/mol. The summed E-state index contributed by atoms with van der Waals surface area (Å²) in [5.74, 6) is -0.876. The lowest BCUT2D eigenvalue weighted by Gasteiger charge is -2.18. The van der Waals surface area contributed by atoms with Crippen LogP contribution in [0, 0.1) is 0 Å². The second kappa shape index (κ2) is 55.7. The van der Waals surface area contributed by atoms with E-state index in [9.17, 15) is 14.4 Å². The van der Waals surface area contributed by atoms with Crippen molar-refractivity contribution < 1.29 is 28.6 Å². The highest BCUT2D eigenvalue weighted by Crippen LogP contribution is 2.16. The summed E-state index contributed by atoms with van der Waals surface area (Å²) in [6.07, 6.45) is 69.3. The Labute approximate surface area is 415 Å². The minimum Gasteiger partial charge on any atom is -0.462 e. The van der Waals surface area contributed by atoms with Crippen LogP contribution in [0.15, 0.2) is 60.8 Å². The summed E-state index contributed by atoms with van der Waals surface area (Å²) < 4.78 is 16.8. The van der Waals surface area contributed by atoms with E-state index in [4.69, 9.17) is 14.2 Å². The van der Waals surface area contributed by atoms with Gasteiger partial charge >= 0.3 is 17.9 Å². The fraction of sp³-hybridized carbons (Fsp3) is 0.787. The first-order chi connectivity index (χ1) is 33.0. The molecular weight excluding hydrogens is 829 g/mol. The Balaban J connectivity index is 4.25. The number of hydrogen-bond donors (Lipinski definition) is 0. The van der Waals surface area contributed by atoms with Gasteiger partial charge in [-0.1, -0.05) is 248 Å². The molecule has 6 nitrogen and oxygen atoms in total. The van der Waals surface area contributed by atoms with E-state index < -0.39 is 6.10 Å². The predicted octanol–water partition coefficient (Wildman–Crippen LogP) is 19.2. The molecule has 0 bridgehead atoms. The molecule has 0 amide bonds. The lowest BCUT2D eigenvalue weighted by atomic mass is 10.1. The third-order valence-corrected chi connectivity index (χ3v) is 12.5. The van der Waals surface area contributed by atoms with Crippen LogP contribution in [-0.2, 0) is 28.6 Å². The summed E-state index contributed by atoms with van der Waals surface area (Å²) in [4.78, 5) is 38.0. The SMILES string of the molecule is CC/C=C\C/C=C\C/C=C\C/C=C\CCCCCCCCCCCCC(=O)OCC(COC(=O)CCCCCCCCCCC)OC(=O)CCCCCCCCC/C=C\CCCCCCCC. The molecule has 0 N–H and O–H groups in total. The van der Waals surface area contributed by atoms with Gasteiger partial charge in [-0.2, -0.15) is 0 Å². The number of allylic oxidation sites excluding steroid dienone is 10. The fourth-order valence-corrected chi connectivity index (χ4v) is 8.19. The van der Waals surface area contributed by atoms with E-state index in [0.29, 0.717) is 19.3 Å². The molecule has 0 rings (SSSR count). The Bertz CT molecular complexity index is 1210. The summed E-state index contributed by atoms with van der Waals surface area (Å²) in [5.41, 5.74) is 0. The molecule has 6 heteroatoms.